The first-order valence-electron chi connectivity index (χ1n) is 7.70. The first-order chi connectivity index (χ1) is 9.61. The van der Waals surface area contributed by atoms with Gasteiger partial charge >= 0.3 is 0 Å². The zero-order valence-electron chi connectivity index (χ0n) is 13.3. The summed E-state index contributed by atoms with van der Waals surface area (Å²) in [5.41, 5.74) is 1.33. The highest BCUT2D eigenvalue weighted by Gasteiger charge is 2.24. The molecule has 1 aliphatic carbocycles. The van der Waals surface area contributed by atoms with Crippen LogP contribution in [0.3, 0.4) is 0 Å². The molecule has 1 heterocycles. The predicted octanol–water partition coefficient (Wildman–Crippen LogP) is 2.52. The largest absolute Gasteiger partial charge is 0.350 e. The molecule has 4 nitrogen and oxygen atoms in total. The normalized spacial score (nSPS) is 18.4. The van der Waals surface area contributed by atoms with Crippen LogP contribution < -0.4 is 10.2 Å². The summed E-state index contributed by atoms with van der Waals surface area (Å²) in [6.45, 7) is 5.43. The van der Waals surface area contributed by atoms with Gasteiger partial charge in [0.15, 0.2) is 5.13 Å². The molecule has 0 aromatic carbocycles. The molecule has 0 aliphatic heterocycles. The first kappa shape index (κ1) is 15.7. The monoisotopic (exact) mass is 296 g/mol. The smallest absolute Gasteiger partial charge is 0.185 e. The molecule has 0 spiro atoms. The van der Waals surface area contributed by atoms with Crippen LogP contribution in [0.25, 0.3) is 0 Å². The summed E-state index contributed by atoms with van der Waals surface area (Å²) in [7, 11) is 6.39. The lowest BCUT2D eigenvalue weighted by atomic mass is 9.98. The molecule has 2 rings (SSSR count). The summed E-state index contributed by atoms with van der Waals surface area (Å²) in [6.07, 6.45) is 4.87. The van der Waals surface area contributed by atoms with E-state index in [-0.39, 0.29) is 0 Å². The van der Waals surface area contributed by atoms with Gasteiger partial charge in [-0.25, -0.2) is 4.98 Å². The van der Waals surface area contributed by atoms with Gasteiger partial charge in [-0.2, -0.15) is 0 Å². The fraction of sp³-hybridized carbons (Fsp3) is 0.800. The molecule has 114 valence electrons. The number of aryl methyl sites for hydroxylation is 1. The standard InChI is InChI=1S/C15H28N4S/c1-5-9-16-12-7-6-8-13-14(12)20-15(17-13)19(4)11-10-18(2)3/h12,16H,5-11H2,1-4H3. The highest BCUT2D eigenvalue weighted by atomic mass is 32.1. The van der Waals surface area contributed by atoms with Crippen molar-refractivity contribution in [3.8, 4) is 0 Å². The molecule has 0 saturated carbocycles. The molecule has 0 bridgehead atoms. The van der Waals surface area contributed by atoms with Gasteiger partial charge in [-0.05, 0) is 46.3 Å². The van der Waals surface area contributed by atoms with Crippen LogP contribution in [0.5, 0.6) is 0 Å². The van der Waals surface area contributed by atoms with Crippen LogP contribution in [0, 0.1) is 0 Å². The van der Waals surface area contributed by atoms with E-state index in [2.05, 4.69) is 43.2 Å². The van der Waals surface area contributed by atoms with Crippen molar-refractivity contribution in [3.05, 3.63) is 10.6 Å². The maximum absolute atomic E-state index is 4.87. The molecule has 1 atom stereocenters. The van der Waals surface area contributed by atoms with Crippen molar-refractivity contribution in [2.75, 3.05) is 45.7 Å². The van der Waals surface area contributed by atoms with Crippen LogP contribution in [0.1, 0.15) is 42.8 Å². The van der Waals surface area contributed by atoms with Crippen molar-refractivity contribution >= 4 is 16.5 Å². The summed E-state index contributed by atoms with van der Waals surface area (Å²) in [6, 6.07) is 0.534. The van der Waals surface area contributed by atoms with E-state index in [9.17, 15) is 0 Å². The maximum Gasteiger partial charge on any atom is 0.185 e. The predicted molar refractivity (Wildman–Crippen MR) is 87.9 cm³/mol. The summed E-state index contributed by atoms with van der Waals surface area (Å²) in [5.74, 6) is 0. The minimum Gasteiger partial charge on any atom is -0.350 e. The van der Waals surface area contributed by atoms with Gasteiger partial charge in [0, 0.05) is 31.1 Å². The molecule has 0 radical (unpaired) electrons. The lowest BCUT2D eigenvalue weighted by Crippen LogP contribution is -2.28. The lowest BCUT2D eigenvalue weighted by molar-refractivity contribution is 0.416. The van der Waals surface area contributed by atoms with E-state index >= 15 is 0 Å². The first-order valence-corrected chi connectivity index (χ1v) is 8.52. The Labute approximate surface area is 127 Å². The van der Waals surface area contributed by atoms with Gasteiger partial charge in [-0.1, -0.05) is 18.3 Å². The molecule has 1 aromatic heterocycles. The topological polar surface area (TPSA) is 31.4 Å². The molecule has 0 fully saturated rings. The number of hydrogen-bond acceptors (Lipinski definition) is 5. The Morgan fingerprint density at radius 2 is 2.10 bits per heavy atom. The molecular formula is C15H28N4S. The number of fused-ring (bicyclic) bond motifs is 1. The van der Waals surface area contributed by atoms with Gasteiger partial charge in [-0.3, -0.25) is 0 Å². The van der Waals surface area contributed by atoms with Crippen LogP contribution in [0.4, 0.5) is 5.13 Å². The third kappa shape index (κ3) is 3.93. The number of nitrogens with zero attached hydrogens (tertiary/aromatic N) is 3. The minimum absolute atomic E-state index is 0.534. The number of likely N-dealkylation sites (N-methyl/N-ethyl adjacent to an activating group) is 2. The van der Waals surface area contributed by atoms with E-state index in [4.69, 9.17) is 4.98 Å². The average molecular weight is 296 g/mol. The quantitative estimate of drug-likeness (QED) is 0.838. The number of aromatic nitrogens is 1. The number of hydrogen-bond donors (Lipinski definition) is 1. The van der Waals surface area contributed by atoms with Crippen molar-refractivity contribution in [3.63, 3.8) is 0 Å². The van der Waals surface area contributed by atoms with Gasteiger partial charge in [-0.15, -0.1) is 0 Å². The van der Waals surface area contributed by atoms with Gasteiger partial charge in [0.05, 0.1) is 5.69 Å². The molecule has 5 heteroatoms. The second-order valence-corrected chi connectivity index (χ2v) is 6.94. The van der Waals surface area contributed by atoms with Crippen molar-refractivity contribution in [1.82, 2.24) is 15.2 Å². The van der Waals surface area contributed by atoms with E-state index in [1.54, 1.807) is 0 Å². The minimum atomic E-state index is 0.534. The van der Waals surface area contributed by atoms with E-state index in [0.29, 0.717) is 6.04 Å². The zero-order valence-corrected chi connectivity index (χ0v) is 14.1. The Hall–Kier alpha value is -0.650. The molecule has 1 aromatic rings. The Morgan fingerprint density at radius 3 is 2.80 bits per heavy atom. The van der Waals surface area contributed by atoms with Crippen molar-refractivity contribution in [1.29, 1.82) is 0 Å². The molecule has 0 amide bonds. The number of nitrogens with one attached hydrogen (secondary N) is 1. The summed E-state index contributed by atoms with van der Waals surface area (Å²) < 4.78 is 0. The zero-order chi connectivity index (χ0) is 14.5. The summed E-state index contributed by atoms with van der Waals surface area (Å²) >= 11 is 1.89. The van der Waals surface area contributed by atoms with Crippen LogP contribution >= 0.6 is 11.3 Å². The molecule has 1 aliphatic rings. The fourth-order valence-corrected chi connectivity index (χ4v) is 3.74. The van der Waals surface area contributed by atoms with E-state index in [1.165, 1.54) is 35.0 Å². The van der Waals surface area contributed by atoms with Gasteiger partial charge in [0.25, 0.3) is 0 Å². The van der Waals surface area contributed by atoms with E-state index < -0.39 is 0 Å². The Kier molecular flexibility index (Phi) is 5.81. The Balaban J connectivity index is 2.04. The maximum atomic E-state index is 4.87. The Bertz CT molecular complexity index is 416. The van der Waals surface area contributed by atoms with Crippen LogP contribution in [-0.4, -0.2) is 50.7 Å². The molecule has 0 saturated heterocycles. The second kappa shape index (κ2) is 7.38. The third-order valence-corrected chi connectivity index (χ3v) is 5.11. The van der Waals surface area contributed by atoms with Crippen molar-refractivity contribution in [2.24, 2.45) is 0 Å². The van der Waals surface area contributed by atoms with E-state index in [0.717, 1.165) is 26.1 Å². The highest BCUT2D eigenvalue weighted by Crippen LogP contribution is 2.37. The van der Waals surface area contributed by atoms with Crippen molar-refractivity contribution < 1.29 is 0 Å². The number of thiazole rings is 1. The van der Waals surface area contributed by atoms with Gasteiger partial charge in [0.2, 0.25) is 0 Å². The fourth-order valence-electron chi connectivity index (χ4n) is 2.53. The third-order valence-electron chi connectivity index (χ3n) is 3.79. The highest BCUT2D eigenvalue weighted by molar-refractivity contribution is 7.15. The molecular weight excluding hydrogens is 268 g/mol. The van der Waals surface area contributed by atoms with Crippen LogP contribution in [-0.2, 0) is 6.42 Å². The van der Waals surface area contributed by atoms with Crippen LogP contribution in [0.15, 0.2) is 0 Å². The average Bonchev–Trinajstić information content (AvgIpc) is 2.87. The van der Waals surface area contributed by atoms with Crippen LogP contribution in [0.2, 0.25) is 0 Å². The van der Waals surface area contributed by atoms with Crippen molar-refractivity contribution in [2.45, 2.75) is 38.6 Å². The van der Waals surface area contributed by atoms with E-state index in [1.807, 2.05) is 11.3 Å². The SMILES string of the molecule is CCCNC1CCCc2nc(N(C)CCN(C)C)sc21. The Morgan fingerprint density at radius 1 is 1.30 bits per heavy atom. The number of rotatable bonds is 7. The summed E-state index contributed by atoms with van der Waals surface area (Å²) in [4.78, 5) is 10.9. The lowest BCUT2D eigenvalue weighted by Gasteiger charge is -2.22. The molecule has 20 heavy (non-hydrogen) atoms. The second-order valence-electron chi connectivity index (χ2n) is 5.93. The molecule has 1 N–H and O–H groups in total. The van der Waals surface area contributed by atoms with Gasteiger partial charge < -0.3 is 15.1 Å². The molecule has 1 unspecified atom stereocenters. The number of anilines is 1. The summed E-state index contributed by atoms with van der Waals surface area (Å²) in [5, 5.41) is 4.86. The van der Waals surface area contributed by atoms with Gasteiger partial charge in [0.1, 0.15) is 0 Å².